The summed E-state index contributed by atoms with van der Waals surface area (Å²) in [7, 11) is 0. The highest BCUT2D eigenvalue weighted by Crippen LogP contribution is 2.58. The number of carbonyl (C=O) groups is 1. The van der Waals surface area contributed by atoms with Crippen molar-refractivity contribution in [2.75, 3.05) is 13.1 Å². The van der Waals surface area contributed by atoms with Gasteiger partial charge in [-0.05, 0) is 30.9 Å². The third-order valence-corrected chi connectivity index (χ3v) is 6.79. The molecule has 0 saturated carbocycles. The number of para-hydroxylation sites is 1. The Morgan fingerprint density at radius 2 is 2.21 bits per heavy atom. The standard InChI is InChI=1S/C20H22N2OS/c1-2-20-9-5-10-21-11-8-14-13-6-3-4-7-15(13)22(17(14)18(20)21)16(12-20)19(23)24/h3-7,9,16,18H,2,8,10-12H2,1H3,(H,23,24)/t16?,18-,20+/m1/s1. The van der Waals surface area contributed by atoms with Crippen LogP contribution in [0.1, 0.15) is 43.1 Å². The summed E-state index contributed by atoms with van der Waals surface area (Å²) in [5.74, 6) is 0. The fourth-order valence-electron chi connectivity index (χ4n) is 5.44. The molecule has 4 heteroatoms. The van der Waals surface area contributed by atoms with Crippen molar-refractivity contribution in [3.63, 3.8) is 0 Å². The van der Waals surface area contributed by atoms with Gasteiger partial charge < -0.3 is 4.57 Å². The van der Waals surface area contributed by atoms with Gasteiger partial charge in [-0.1, -0.05) is 37.3 Å². The fraction of sp³-hybridized carbons (Fsp3) is 0.450. The van der Waals surface area contributed by atoms with E-state index in [0.29, 0.717) is 6.04 Å². The molecule has 5 rings (SSSR count). The Morgan fingerprint density at radius 1 is 1.38 bits per heavy atom. The first-order valence-corrected chi connectivity index (χ1v) is 9.37. The van der Waals surface area contributed by atoms with Gasteiger partial charge in [0.25, 0.3) is 0 Å². The molecule has 24 heavy (non-hydrogen) atoms. The number of carbonyl (C=O) groups excluding carboxylic acids is 1. The topological polar surface area (TPSA) is 25.2 Å². The Balaban J connectivity index is 1.89. The first kappa shape index (κ1) is 14.8. The van der Waals surface area contributed by atoms with Crippen LogP contribution in [0.4, 0.5) is 0 Å². The SMILES string of the molecule is CC[C@]12C=CCN3CCc4c(n(c5ccccc45)C(C(=O)S)C1)[C@@H]32. The van der Waals surface area contributed by atoms with Gasteiger partial charge in [-0.15, -0.1) is 12.6 Å². The third kappa shape index (κ3) is 1.71. The first-order chi connectivity index (χ1) is 11.7. The molecule has 1 aromatic heterocycles. The molecular weight excluding hydrogens is 316 g/mol. The summed E-state index contributed by atoms with van der Waals surface area (Å²) in [6.45, 7) is 4.39. The lowest BCUT2D eigenvalue weighted by molar-refractivity contribution is -0.115. The summed E-state index contributed by atoms with van der Waals surface area (Å²) >= 11 is 4.28. The second-order valence-corrected chi connectivity index (χ2v) is 7.89. The van der Waals surface area contributed by atoms with Crippen LogP contribution in [0.5, 0.6) is 0 Å². The quantitative estimate of drug-likeness (QED) is 0.663. The summed E-state index contributed by atoms with van der Waals surface area (Å²) < 4.78 is 2.32. The van der Waals surface area contributed by atoms with E-state index in [-0.39, 0.29) is 16.6 Å². The smallest absolute Gasteiger partial charge is 0.208 e. The highest BCUT2D eigenvalue weighted by atomic mass is 32.1. The molecule has 0 amide bonds. The lowest BCUT2D eigenvalue weighted by Gasteiger charge is -2.54. The number of nitrogens with zero attached hydrogens (tertiary/aromatic N) is 2. The number of fused-ring (bicyclic) bond motifs is 3. The second-order valence-electron chi connectivity index (χ2n) is 7.45. The number of hydrogen-bond donors (Lipinski definition) is 1. The van der Waals surface area contributed by atoms with Crippen molar-refractivity contribution in [2.45, 2.75) is 38.3 Å². The molecule has 1 aromatic carbocycles. The molecule has 0 bridgehead atoms. The van der Waals surface area contributed by atoms with Gasteiger partial charge in [0.15, 0.2) is 0 Å². The van der Waals surface area contributed by atoms with Crippen molar-refractivity contribution in [2.24, 2.45) is 5.41 Å². The maximum Gasteiger partial charge on any atom is 0.208 e. The van der Waals surface area contributed by atoms with E-state index in [2.05, 4.69) is 65.4 Å². The molecule has 0 radical (unpaired) electrons. The number of benzene rings is 1. The molecule has 0 saturated heterocycles. The van der Waals surface area contributed by atoms with Gasteiger partial charge in [0.1, 0.15) is 6.04 Å². The van der Waals surface area contributed by atoms with Crippen molar-refractivity contribution in [3.05, 3.63) is 47.7 Å². The average molecular weight is 338 g/mol. The van der Waals surface area contributed by atoms with Gasteiger partial charge in [0.2, 0.25) is 5.12 Å². The van der Waals surface area contributed by atoms with Crippen LogP contribution in [0.3, 0.4) is 0 Å². The van der Waals surface area contributed by atoms with Crippen LogP contribution in [0.25, 0.3) is 10.9 Å². The van der Waals surface area contributed by atoms with Crippen LogP contribution in [-0.4, -0.2) is 27.7 Å². The minimum atomic E-state index is -0.166. The largest absolute Gasteiger partial charge is 0.331 e. The number of aromatic nitrogens is 1. The van der Waals surface area contributed by atoms with Crippen LogP contribution in [0.2, 0.25) is 0 Å². The zero-order valence-electron chi connectivity index (χ0n) is 13.9. The predicted octanol–water partition coefficient (Wildman–Crippen LogP) is 3.91. The van der Waals surface area contributed by atoms with Gasteiger partial charge in [0.05, 0.1) is 6.04 Å². The molecule has 3 aliphatic rings. The van der Waals surface area contributed by atoms with Crippen LogP contribution < -0.4 is 0 Å². The minimum Gasteiger partial charge on any atom is -0.331 e. The molecule has 0 aliphatic carbocycles. The molecule has 0 N–H and O–H groups in total. The highest BCUT2D eigenvalue weighted by molar-refractivity contribution is 7.96. The summed E-state index contributed by atoms with van der Waals surface area (Å²) in [6, 6.07) is 8.81. The molecule has 4 heterocycles. The van der Waals surface area contributed by atoms with Crippen LogP contribution in [0.15, 0.2) is 36.4 Å². The first-order valence-electron chi connectivity index (χ1n) is 8.92. The molecule has 124 valence electrons. The number of thiol groups is 1. The van der Waals surface area contributed by atoms with E-state index < -0.39 is 0 Å². The molecule has 1 unspecified atom stereocenters. The monoisotopic (exact) mass is 338 g/mol. The summed E-state index contributed by atoms with van der Waals surface area (Å²) in [5.41, 5.74) is 4.10. The Labute approximate surface area is 147 Å². The Morgan fingerprint density at radius 3 is 3.00 bits per heavy atom. The second kappa shape index (κ2) is 4.99. The lowest BCUT2D eigenvalue weighted by Crippen LogP contribution is -2.51. The molecule has 0 spiro atoms. The average Bonchev–Trinajstić information content (AvgIpc) is 2.95. The summed E-state index contributed by atoms with van der Waals surface area (Å²) in [6.07, 6.45) is 7.69. The van der Waals surface area contributed by atoms with E-state index >= 15 is 0 Å². The van der Waals surface area contributed by atoms with E-state index in [0.717, 1.165) is 32.4 Å². The van der Waals surface area contributed by atoms with Crippen molar-refractivity contribution in [1.82, 2.24) is 9.47 Å². The molecular formula is C20H22N2OS. The molecule has 3 aliphatic heterocycles. The van der Waals surface area contributed by atoms with Gasteiger partial charge >= 0.3 is 0 Å². The van der Waals surface area contributed by atoms with E-state index in [1.54, 1.807) is 0 Å². The van der Waals surface area contributed by atoms with Crippen molar-refractivity contribution < 1.29 is 4.79 Å². The van der Waals surface area contributed by atoms with Gasteiger partial charge in [-0.3, -0.25) is 9.69 Å². The number of rotatable bonds is 2. The van der Waals surface area contributed by atoms with Gasteiger partial charge in [-0.25, -0.2) is 0 Å². The zero-order chi connectivity index (χ0) is 16.5. The maximum atomic E-state index is 12.5. The van der Waals surface area contributed by atoms with E-state index in [9.17, 15) is 4.79 Å². The lowest BCUT2D eigenvalue weighted by atomic mass is 9.66. The van der Waals surface area contributed by atoms with E-state index in [1.807, 2.05) is 0 Å². The summed E-state index contributed by atoms with van der Waals surface area (Å²) in [5, 5.41) is 1.31. The fourth-order valence-corrected chi connectivity index (χ4v) is 5.64. The van der Waals surface area contributed by atoms with E-state index in [1.165, 1.54) is 22.2 Å². The minimum absolute atomic E-state index is 0.0130. The van der Waals surface area contributed by atoms with Crippen molar-refractivity contribution in [3.8, 4) is 0 Å². The van der Waals surface area contributed by atoms with Crippen LogP contribution in [-0.2, 0) is 11.2 Å². The van der Waals surface area contributed by atoms with E-state index in [4.69, 9.17) is 0 Å². The molecule has 3 atom stereocenters. The summed E-state index contributed by atoms with van der Waals surface area (Å²) in [4.78, 5) is 15.1. The Bertz CT molecular complexity index is 883. The van der Waals surface area contributed by atoms with Gasteiger partial charge in [-0.2, -0.15) is 0 Å². The van der Waals surface area contributed by atoms with Crippen molar-refractivity contribution in [1.29, 1.82) is 0 Å². The Kier molecular flexibility index (Phi) is 3.08. The number of hydrogen-bond acceptors (Lipinski definition) is 2. The normalized spacial score (nSPS) is 31.2. The Hall–Kier alpha value is -1.52. The van der Waals surface area contributed by atoms with Crippen LogP contribution in [0, 0.1) is 5.41 Å². The molecule has 0 fully saturated rings. The van der Waals surface area contributed by atoms with Crippen molar-refractivity contribution >= 4 is 28.6 Å². The molecule has 3 nitrogen and oxygen atoms in total. The zero-order valence-corrected chi connectivity index (χ0v) is 14.8. The predicted molar refractivity (Wildman–Crippen MR) is 99.5 cm³/mol. The van der Waals surface area contributed by atoms with Crippen LogP contribution >= 0.6 is 12.6 Å². The third-order valence-electron chi connectivity index (χ3n) is 6.49. The molecule has 2 aromatic rings. The highest BCUT2D eigenvalue weighted by Gasteiger charge is 2.52. The maximum absolute atomic E-state index is 12.5. The van der Waals surface area contributed by atoms with Gasteiger partial charge in [0, 0.05) is 35.1 Å².